The largest absolute Gasteiger partial charge is 0.507 e. The van der Waals surface area contributed by atoms with E-state index in [1.165, 1.54) is 6.07 Å². The Morgan fingerprint density at radius 2 is 2.00 bits per heavy atom. The molecule has 12 heavy (non-hydrogen) atoms. The van der Waals surface area contributed by atoms with Crippen LogP contribution in [-0.2, 0) is 0 Å². The summed E-state index contributed by atoms with van der Waals surface area (Å²) in [4.78, 5) is 0. The Kier molecular flexibility index (Phi) is 1.43. The number of ether oxygens (including phenoxy) is 2. The van der Waals surface area contributed by atoms with Gasteiger partial charge in [-0.25, -0.2) is 0 Å². The first-order valence-corrected chi connectivity index (χ1v) is 3.56. The number of hydrogen-bond acceptors (Lipinski definition) is 3. The van der Waals surface area contributed by atoms with Gasteiger partial charge in [0.05, 0.1) is 0 Å². The molecule has 0 bridgehead atoms. The fourth-order valence-corrected chi connectivity index (χ4v) is 1.11. The molecule has 0 atom stereocenters. The van der Waals surface area contributed by atoms with E-state index in [1.54, 1.807) is 12.1 Å². The Balaban J connectivity index is 2.56. The highest BCUT2D eigenvalue weighted by Gasteiger charge is 2.15. The molecule has 1 aliphatic rings. The van der Waals surface area contributed by atoms with Crippen LogP contribution in [0.3, 0.4) is 0 Å². The molecule has 0 unspecified atom stereocenters. The van der Waals surface area contributed by atoms with E-state index in [0.29, 0.717) is 17.1 Å². The summed E-state index contributed by atoms with van der Waals surface area (Å²) in [5.41, 5.74) is 0.652. The standard InChI is InChI=1S/C9H8O3/c1-2-6-3-8-9(4-7(6)10)12-5-11-8/h2-4,10H,1,5H2. The van der Waals surface area contributed by atoms with Crippen molar-refractivity contribution in [2.24, 2.45) is 0 Å². The van der Waals surface area contributed by atoms with Gasteiger partial charge in [0.2, 0.25) is 6.79 Å². The van der Waals surface area contributed by atoms with Crippen LogP contribution in [0.5, 0.6) is 17.2 Å². The number of fused-ring (bicyclic) bond motifs is 1. The lowest BCUT2D eigenvalue weighted by molar-refractivity contribution is 0.174. The molecule has 1 aromatic carbocycles. The van der Waals surface area contributed by atoms with Crippen molar-refractivity contribution in [2.75, 3.05) is 6.79 Å². The van der Waals surface area contributed by atoms with Crippen molar-refractivity contribution in [1.29, 1.82) is 0 Å². The van der Waals surface area contributed by atoms with Crippen molar-refractivity contribution < 1.29 is 14.6 Å². The molecule has 1 heterocycles. The normalized spacial score (nSPS) is 13.0. The predicted octanol–water partition coefficient (Wildman–Crippen LogP) is 1.76. The van der Waals surface area contributed by atoms with Crippen molar-refractivity contribution in [3.63, 3.8) is 0 Å². The van der Waals surface area contributed by atoms with Crippen LogP contribution in [0.25, 0.3) is 6.08 Å². The maximum atomic E-state index is 9.37. The summed E-state index contributed by atoms with van der Waals surface area (Å²) in [5.74, 6) is 1.40. The van der Waals surface area contributed by atoms with Gasteiger partial charge < -0.3 is 14.6 Å². The van der Waals surface area contributed by atoms with Gasteiger partial charge in [0.25, 0.3) is 0 Å². The van der Waals surface area contributed by atoms with Crippen molar-refractivity contribution in [3.8, 4) is 17.2 Å². The lowest BCUT2D eigenvalue weighted by Gasteiger charge is -2.00. The van der Waals surface area contributed by atoms with Gasteiger partial charge in [-0.1, -0.05) is 12.7 Å². The zero-order valence-corrected chi connectivity index (χ0v) is 6.41. The van der Waals surface area contributed by atoms with Gasteiger partial charge >= 0.3 is 0 Å². The van der Waals surface area contributed by atoms with E-state index in [0.717, 1.165) is 0 Å². The number of hydrogen-bond donors (Lipinski definition) is 1. The minimum Gasteiger partial charge on any atom is -0.507 e. The summed E-state index contributed by atoms with van der Waals surface area (Å²) < 4.78 is 10.2. The average Bonchev–Trinajstić information content (AvgIpc) is 2.49. The van der Waals surface area contributed by atoms with Gasteiger partial charge in [0, 0.05) is 11.6 Å². The Hall–Kier alpha value is -1.64. The van der Waals surface area contributed by atoms with E-state index in [9.17, 15) is 5.11 Å². The van der Waals surface area contributed by atoms with E-state index in [4.69, 9.17) is 9.47 Å². The number of phenols is 1. The van der Waals surface area contributed by atoms with E-state index >= 15 is 0 Å². The lowest BCUT2D eigenvalue weighted by atomic mass is 10.2. The quantitative estimate of drug-likeness (QED) is 0.687. The molecular weight excluding hydrogens is 156 g/mol. The molecular formula is C9H8O3. The topological polar surface area (TPSA) is 38.7 Å². The first kappa shape index (κ1) is 7.03. The maximum Gasteiger partial charge on any atom is 0.231 e. The SMILES string of the molecule is C=Cc1cc2c(cc1O)OCO2. The minimum absolute atomic E-state index is 0.161. The van der Waals surface area contributed by atoms with Gasteiger partial charge in [-0.2, -0.15) is 0 Å². The van der Waals surface area contributed by atoms with Crippen LogP contribution in [0.1, 0.15) is 5.56 Å². The monoisotopic (exact) mass is 164 g/mol. The first-order chi connectivity index (χ1) is 5.81. The van der Waals surface area contributed by atoms with Crippen LogP contribution < -0.4 is 9.47 Å². The van der Waals surface area contributed by atoms with E-state index in [1.807, 2.05) is 0 Å². The highest BCUT2D eigenvalue weighted by Crippen LogP contribution is 2.37. The average molecular weight is 164 g/mol. The van der Waals surface area contributed by atoms with E-state index in [-0.39, 0.29) is 12.5 Å². The number of benzene rings is 1. The molecule has 1 N–H and O–H groups in total. The molecule has 0 saturated carbocycles. The van der Waals surface area contributed by atoms with Crippen LogP contribution in [0.4, 0.5) is 0 Å². The van der Waals surface area contributed by atoms with Gasteiger partial charge in [-0.15, -0.1) is 0 Å². The van der Waals surface area contributed by atoms with Crippen LogP contribution in [0, 0.1) is 0 Å². The van der Waals surface area contributed by atoms with Crippen LogP contribution in [-0.4, -0.2) is 11.9 Å². The Bertz CT molecular complexity index is 331. The molecule has 1 aromatic rings. The highest BCUT2D eigenvalue weighted by atomic mass is 16.7. The molecule has 2 rings (SSSR count). The smallest absolute Gasteiger partial charge is 0.231 e. The van der Waals surface area contributed by atoms with Crippen molar-refractivity contribution in [2.45, 2.75) is 0 Å². The molecule has 0 spiro atoms. The second kappa shape index (κ2) is 2.44. The Morgan fingerprint density at radius 1 is 1.33 bits per heavy atom. The third-order valence-corrected chi connectivity index (χ3v) is 1.74. The molecule has 0 fully saturated rings. The second-order valence-corrected chi connectivity index (χ2v) is 2.47. The summed E-state index contributed by atoms with van der Waals surface area (Å²) in [6.07, 6.45) is 1.57. The molecule has 0 radical (unpaired) electrons. The third-order valence-electron chi connectivity index (χ3n) is 1.74. The van der Waals surface area contributed by atoms with Gasteiger partial charge in [-0.05, 0) is 6.07 Å². The molecule has 3 nitrogen and oxygen atoms in total. The lowest BCUT2D eigenvalue weighted by Crippen LogP contribution is -1.92. The highest BCUT2D eigenvalue weighted by molar-refractivity contribution is 5.62. The minimum atomic E-state index is 0.161. The summed E-state index contributed by atoms with van der Waals surface area (Å²) in [6, 6.07) is 3.23. The van der Waals surface area contributed by atoms with Crippen molar-refractivity contribution in [3.05, 3.63) is 24.3 Å². The Labute approximate surface area is 69.9 Å². The molecule has 3 heteroatoms. The van der Waals surface area contributed by atoms with Crippen LogP contribution >= 0.6 is 0 Å². The van der Waals surface area contributed by atoms with Crippen LogP contribution in [0.2, 0.25) is 0 Å². The Morgan fingerprint density at radius 3 is 2.67 bits per heavy atom. The predicted molar refractivity (Wildman–Crippen MR) is 44.3 cm³/mol. The first-order valence-electron chi connectivity index (χ1n) is 3.56. The third kappa shape index (κ3) is 0.906. The molecule has 0 aliphatic carbocycles. The fraction of sp³-hybridized carbons (Fsp3) is 0.111. The zero-order chi connectivity index (χ0) is 8.55. The van der Waals surface area contributed by atoms with Gasteiger partial charge in [-0.3, -0.25) is 0 Å². The molecule has 0 amide bonds. The van der Waals surface area contributed by atoms with E-state index < -0.39 is 0 Å². The van der Waals surface area contributed by atoms with E-state index in [2.05, 4.69) is 6.58 Å². The summed E-state index contributed by atoms with van der Waals surface area (Å²) in [7, 11) is 0. The fourth-order valence-electron chi connectivity index (χ4n) is 1.11. The van der Waals surface area contributed by atoms with Crippen LogP contribution in [0.15, 0.2) is 18.7 Å². The number of aromatic hydroxyl groups is 1. The summed E-state index contributed by atoms with van der Waals surface area (Å²) in [6.45, 7) is 3.78. The van der Waals surface area contributed by atoms with Crippen molar-refractivity contribution in [1.82, 2.24) is 0 Å². The zero-order valence-electron chi connectivity index (χ0n) is 6.41. The molecule has 1 aliphatic heterocycles. The molecule has 0 aromatic heterocycles. The summed E-state index contributed by atoms with van der Waals surface area (Å²) >= 11 is 0. The molecule has 0 saturated heterocycles. The number of rotatable bonds is 1. The number of phenolic OH excluding ortho intramolecular Hbond substituents is 1. The van der Waals surface area contributed by atoms with Crippen molar-refractivity contribution >= 4 is 6.08 Å². The van der Waals surface area contributed by atoms with Gasteiger partial charge in [0.1, 0.15) is 5.75 Å². The van der Waals surface area contributed by atoms with Gasteiger partial charge in [0.15, 0.2) is 11.5 Å². The summed E-state index contributed by atoms with van der Waals surface area (Å²) in [5, 5.41) is 9.37. The maximum absolute atomic E-state index is 9.37. The second-order valence-electron chi connectivity index (χ2n) is 2.47. The molecule has 62 valence electrons.